The van der Waals surface area contributed by atoms with Crippen molar-refractivity contribution >= 4 is 27.0 Å². The number of hydrogen-bond donors (Lipinski definition) is 1. The topological polar surface area (TPSA) is 62.9 Å². The van der Waals surface area contributed by atoms with Gasteiger partial charge in [-0.15, -0.1) is 0 Å². The molecule has 3 rings (SSSR count). The van der Waals surface area contributed by atoms with Gasteiger partial charge in [0, 0.05) is 23.6 Å². The summed E-state index contributed by atoms with van der Waals surface area (Å²) in [6.45, 7) is 2.74. The number of nitrogens with zero attached hydrogens (tertiary/aromatic N) is 1. The summed E-state index contributed by atoms with van der Waals surface area (Å²) >= 11 is 0. The molecular formula is C19H20N2O2S. The van der Waals surface area contributed by atoms with E-state index in [1.807, 2.05) is 28.8 Å². The molecule has 2 aromatic carbocycles. The Kier molecular flexibility index (Phi) is 4.53. The maximum absolute atomic E-state index is 13.0. The Morgan fingerprint density at radius 1 is 1.08 bits per heavy atom. The standard InChI is InChI=1S/C19H20N2O2S/c1-15(11-12-20)13-21-14-19(17-9-5-6-10-18(17)21)24(22,23)16-7-3-2-4-8-16/h2-10,12,14-15,20H,11,13H2,1H3. The summed E-state index contributed by atoms with van der Waals surface area (Å²) in [5.41, 5.74) is 0.906. The summed E-state index contributed by atoms with van der Waals surface area (Å²) < 4.78 is 28.0. The first-order valence-electron chi connectivity index (χ1n) is 7.91. The van der Waals surface area contributed by atoms with Crippen LogP contribution in [0.2, 0.25) is 0 Å². The number of para-hydroxylation sites is 1. The average molecular weight is 340 g/mol. The molecule has 5 heteroatoms. The fourth-order valence-corrected chi connectivity index (χ4v) is 4.41. The zero-order valence-electron chi connectivity index (χ0n) is 13.5. The number of sulfone groups is 1. The van der Waals surface area contributed by atoms with E-state index in [0.717, 1.165) is 10.9 Å². The fraction of sp³-hybridized carbons (Fsp3) is 0.211. The third-order valence-electron chi connectivity index (χ3n) is 4.12. The highest BCUT2D eigenvalue weighted by Gasteiger charge is 2.23. The summed E-state index contributed by atoms with van der Waals surface area (Å²) in [6.07, 6.45) is 3.80. The van der Waals surface area contributed by atoms with Crippen molar-refractivity contribution in [1.29, 1.82) is 5.41 Å². The van der Waals surface area contributed by atoms with Gasteiger partial charge in [0.25, 0.3) is 0 Å². The molecule has 0 aliphatic rings. The van der Waals surface area contributed by atoms with Gasteiger partial charge in [0.2, 0.25) is 9.84 Å². The highest BCUT2D eigenvalue weighted by atomic mass is 32.2. The molecule has 0 spiro atoms. The molecule has 0 saturated heterocycles. The van der Waals surface area contributed by atoms with E-state index in [-0.39, 0.29) is 5.92 Å². The van der Waals surface area contributed by atoms with Crippen molar-refractivity contribution in [3.8, 4) is 0 Å². The third-order valence-corrected chi connectivity index (χ3v) is 5.92. The van der Waals surface area contributed by atoms with Crippen LogP contribution in [0.4, 0.5) is 0 Å². The number of aromatic nitrogens is 1. The Hall–Kier alpha value is -2.40. The molecule has 124 valence electrons. The molecule has 0 amide bonds. The number of benzene rings is 2. The van der Waals surface area contributed by atoms with E-state index in [2.05, 4.69) is 6.92 Å². The van der Waals surface area contributed by atoms with Gasteiger partial charge in [-0.1, -0.05) is 43.3 Å². The van der Waals surface area contributed by atoms with Gasteiger partial charge in [-0.2, -0.15) is 0 Å². The van der Waals surface area contributed by atoms with Crippen molar-refractivity contribution in [2.45, 2.75) is 29.7 Å². The molecule has 1 aromatic heterocycles. The first-order valence-corrected chi connectivity index (χ1v) is 9.39. The van der Waals surface area contributed by atoms with Crippen LogP contribution in [-0.2, 0) is 16.4 Å². The molecule has 1 N–H and O–H groups in total. The zero-order valence-corrected chi connectivity index (χ0v) is 14.3. The fourth-order valence-electron chi connectivity index (χ4n) is 2.92. The predicted octanol–water partition coefficient (Wildman–Crippen LogP) is 4.15. The van der Waals surface area contributed by atoms with Gasteiger partial charge in [0.15, 0.2) is 0 Å². The first kappa shape index (κ1) is 16.5. The van der Waals surface area contributed by atoms with E-state index >= 15 is 0 Å². The van der Waals surface area contributed by atoms with Crippen molar-refractivity contribution < 1.29 is 8.42 Å². The monoisotopic (exact) mass is 340 g/mol. The molecule has 0 bridgehead atoms. The van der Waals surface area contributed by atoms with Crippen molar-refractivity contribution in [3.05, 3.63) is 60.8 Å². The normalized spacial score (nSPS) is 13.0. The Morgan fingerprint density at radius 2 is 1.75 bits per heavy atom. The van der Waals surface area contributed by atoms with Gasteiger partial charge in [-0.3, -0.25) is 0 Å². The summed E-state index contributed by atoms with van der Waals surface area (Å²) in [6, 6.07) is 16.1. The van der Waals surface area contributed by atoms with Crippen LogP contribution < -0.4 is 0 Å². The molecule has 24 heavy (non-hydrogen) atoms. The minimum Gasteiger partial charge on any atom is -0.346 e. The molecule has 0 fully saturated rings. The smallest absolute Gasteiger partial charge is 0.208 e. The Labute approximate surface area is 142 Å². The third kappa shape index (κ3) is 2.99. The highest BCUT2D eigenvalue weighted by molar-refractivity contribution is 7.91. The molecule has 3 aromatic rings. The zero-order chi connectivity index (χ0) is 17.2. The predicted molar refractivity (Wildman–Crippen MR) is 96.4 cm³/mol. The number of rotatable bonds is 6. The van der Waals surface area contributed by atoms with Gasteiger partial charge in [0.05, 0.1) is 9.79 Å². The lowest BCUT2D eigenvalue weighted by atomic mass is 10.1. The molecule has 0 radical (unpaired) electrons. The molecule has 0 aliphatic carbocycles. The van der Waals surface area contributed by atoms with Crippen molar-refractivity contribution in [2.24, 2.45) is 5.92 Å². The highest BCUT2D eigenvalue weighted by Crippen LogP contribution is 2.30. The molecule has 1 unspecified atom stereocenters. The minimum atomic E-state index is -3.56. The van der Waals surface area contributed by atoms with Gasteiger partial charge in [-0.05, 0) is 36.8 Å². The molecule has 1 heterocycles. The van der Waals surface area contributed by atoms with Gasteiger partial charge >= 0.3 is 0 Å². The Bertz CT molecular complexity index is 959. The maximum Gasteiger partial charge on any atom is 0.208 e. The van der Waals surface area contributed by atoms with E-state index < -0.39 is 9.84 Å². The van der Waals surface area contributed by atoms with Crippen LogP contribution >= 0.6 is 0 Å². The van der Waals surface area contributed by atoms with Crippen LogP contribution in [0.25, 0.3) is 10.9 Å². The summed E-state index contributed by atoms with van der Waals surface area (Å²) in [5.74, 6) is 0.269. The number of fused-ring (bicyclic) bond motifs is 1. The lowest BCUT2D eigenvalue weighted by Crippen LogP contribution is -2.07. The summed E-state index contributed by atoms with van der Waals surface area (Å²) in [4.78, 5) is 0.645. The van der Waals surface area contributed by atoms with Crippen molar-refractivity contribution in [1.82, 2.24) is 4.57 Å². The van der Waals surface area contributed by atoms with Crippen LogP contribution in [0, 0.1) is 11.3 Å². The Morgan fingerprint density at radius 3 is 2.46 bits per heavy atom. The van der Waals surface area contributed by atoms with Crippen LogP contribution in [-0.4, -0.2) is 19.2 Å². The second kappa shape index (κ2) is 6.61. The lowest BCUT2D eigenvalue weighted by molar-refractivity contribution is 0.509. The van der Waals surface area contributed by atoms with Crippen molar-refractivity contribution in [3.63, 3.8) is 0 Å². The van der Waals surface area contributed by atoms with Crippen LogP contribution in [0.3, 0.4) is 0 Å². The molecule has 0 aliphatic heterocycles. The van der Waals surface area contributed by atoms with Crippen LogP contribution in [0.1, 0.15) is 13.3 Å². The molecular weight excluding hydrogens is 320 g/mol. The lowest BCUT2D eigenvalue weighted by Gasteiger charge is -2.10. The largest absolute Gasteiger partial charge is 0.346 e. The molecule has 4 nitrogen and oxygen atoms in total. The molecule has 1 atom stereocenters. The second-order valence-electron chi connectivity index (χ2n) is 6.02. The van der Waals surface area contributed by atoms with Gasteiger partial charge < -0.3 is 9.98 Å². The Balaban J connectivity index is 2.14. The molecule has 0 saturated carbocycles. The van der Waals surface area contributed by atoms with E-state index in [4.69, 9.17) is 5.41 Å². The minimum absolute atomic E-state index is 0.269. The van der Waals surface area contributed by atoms with Crippen LogP contribution in [0.15, 0.2) is 70.6 Å². The van der Waals surface area contributed by atoms with Crippen molar-refractivity contribution in [2.75, 3.05) is 0 Å². The number of nitrogens with one attached hydrogen (secondary N) is 1. The second-order valence-corrected chi connectivity index (χ2v) is 7.94. The van der Waals surface area contributed by atoms with E-state index in [9.17, 15) is 8.42 Å². The average Bonchev–Trinajstić information content (AvgIpc) is 2.95. The van der Waals surface area contributed by atoms with Crippen LogP contribution in [0.5, 0.6) is 0 Å². The van der Waals surface area contributed by atoms with E-state index in [0.29, 0.717) is 22.8 Å². The van der Waals surface area contributed by atoms with E-state index in [1.54, 1.807) is 36.5 Å². The van der Waals surface area contributed by atoms with E-state index in [1.165, 1.54) is 6.21 Å². The number of hydrogen-bond acceptors (Lipinski definition) is 3. The maximum atomic E-state index is 13.0. The summed E-state index contributed by atoms with van der Waals surface area (Å²) in [5, 5.41) is 7.99. The SMILES string of the molecule is CC(CC=N)Cn1cc(S(=O)(=O)c2ccccc2)c2ccccc21. The quantitative estimate of drug-likeness (QED) is 0.685. The first-order chi connectivity index (χ1) is 11.5. The van der Waals surface area contributed by atoms with Gasteiger partial charge in [0.1, 0.15) is 0 Å². The van der Waals surface area contributed by atoms with Gasteiger partial charge in [-0.25, -0.2) is 8.42 Å². The summed E-state index contributed by atoms with van der Waals surface area (Å²) in [7, 11) is -3.56.